The summed E-state index contributed by atoms with van der Waals surface area (Å²) in [7, 11) is 0. The van der Waals surface area contributed by atoms with Crippen molar-refractivity contribution in [2.75, 3.05) is 11.6 Å². The molecule has 2 aliphatic rings. The Morgan fingerprint density at radius 3 is 2.81 bits per heavy atom. The second-order valence-electron chi connectivity index (χ2n) is 7.46. The van der Waals surface area contributed by atoms with Crippen molar-refractivity contribution < 1.29 is 9.72 Å². The van der Waals surface area contributed by atoms with Crippen LogP contribution in [-0.2, 0) is 4.79 Å². The number of Topliss-reactive ketones (excluding diaryl/α,β-unsaturated/α-hetero) is 1. The first-order chi connectivity index (χ1) is 12.8. The van der Waals surface area contributed by atoms with Crippen LogP contribution in [0.1, 0.15) is 31.9 Å². The summed E-state index contributed by atoms with van der Waals surface area (Å²) in [6, 6.07) is 5.93. The van der Waals surface area contributed by atoms with Crippen LogP contribution in [0.5, 0.6) is 0 Å². The second kappa shape index (κ2) is 6.19. The maximum atomic E-state index is 13.1. The minimum Gasteiger partial charge on any atom is -0.328 e. The van der Waals surface area contributed by atoms with Gasteiger partial charge in [0.05, 0.1) is 16.4 Å². The third-order valence-electron chi connectivity index (χ3n) is 4.94. The summed E-state index contributed by atoms with van der Waals surface area (Å²) < 4.78 is 1.62. The molecule has 2 heterocycles. The Kier molecular flexibility index (Phi) is 4.06. The van der Waals surface area contributed by atoms with E-state index in [0.29, 0.717) is 23.1 Å². The number of carbonyl (C=O) groups excluding carboxylic acids is 1. The highest BCUT2D eigenvalue weighted by molar-refractivity contribution is 7.98. The number of thioether (sulfide) groups is 1. The van der Waals surface area contributed by atoms with E-state index in [1.165, 1.54) is 17.8 Å². The number of rotatable bonds is 3. The summed E-state index contributed by atoms with van der Waals surface area (Å²) in [5.41, 5.74) is 0.903. The third-order valence-corrected chi connectivity index (χ3v) is 5.48. The predicted molar refractivity (Wildman–Crippen MR) is 102 cm³/mol. The van der Waals surface area contributed by atoms with Crippen LogP contribution in [0.3, 0.4) is 0 Å². The molecule has 0 saturated heterocycles. The van der Waals surface area contributed by atoms with Crippen molar-refractivity contribution >= 4 is 29.2 Å². The molecule has 2 atom stereocenters. The first-order valence-corrected chi connectivity index (χ1v) is 9.79. The quantitative estimate of drug-likeness (QED) is 0.490. The molecule has 27 heavy (non-hydrogen) atoms. The van der Waals surface area contributed by atoms with Crippen LogP contribution >= 0.6 is 11.8 Å². The molecular formula is C18H19N5O3S. The number of anilines is 1. The molecule has 0 fully saturated rings. The Balaban J connectivity index is 1.97. The molecule has 1 aliphatic heterocycles. The number of nitrogens with zero attached hydrogens (tertiary/aromatic N) is 4. The van der Waals surface area contributed by atoms with Crippen molar-refractivity contribution in [3.8, 4) is 0 Å². The van der Waals surface area contributed by atoms with E-state index < -0.39 is 16.9 Å². The van der Waals surface area contributed by atoms with Crippen LogP contribution in [0.15, 0.2) is 41.2 Å². The summed E-state index contributed by atoms with van der Waals surface area (Å²) in [5, 5.41) is 19.9. The van der Waals surface area contributed by atoms with Gasteiger partial charge < -0.3 is 5.32 Å². The lowest BCUT2D eigenvalue weighted by atomic mass is 9.72. The van der Waals surface area contributed by atoms with E-state index in [1.807, 2.05) is 26.2 Å². The highest BCUT2D eigenvalue weighted by Crippen LogP contribution is 2.47. The highest BCUT2D eigenvalue weighted by atomic mass is 32.2. The SMILES string of the molecule is CSc1nc2n(n1)[C@H](c1ccccc1[N+](=O)[O-])[C@H]1C(=O)CC(C)(C)C=C1N2. The van der Waals surface area contributed by atoms with Crippen LogP contribution in [0.2, 0.25) is 0 Å². The van der Waals surface area contributed by atoms with Crippen molar-refractivity contribution in [3.63, 3.8) is 0 Å². The number of para-hydroxylation sites is 1. The van der Waals surface area contributed by atoms with Gasteiger partial charge in [-0.15, -0.1) is 5.10 Å². The first kappa shape index (κ1) is 17.7. The second-order valence-corrected chi connectivity index (χ2v) is 8.23. The fraction of sp³-hybridized carbons (Fsp3) is 0.389. The van der Waals surface area contributed by atoms with Crippen molar-refractivity contribution in [1.82, 2.24) is 14.8 Å². The molecule has 9 heteroatoms. The van der Waals surface area contributed by atoms with Gasteiger partial charge in [0.2, 0.25) is 11.1 Å². The van der Waals surface area contributed by atoms with Gasteiger partial charge in [-0.1, -0.05) is 43.8 Å². The highest BCUT2D eigenvalue weighted by Gasteiger charge is 2.46. The number of fused-ring (bicyclic) bond motifs is 2. The smallest absolute Gasteiger partial charge is 0.274 e. The van der Waals surface area contributed by atoms with E-state index in [9.17, 15) is 14.9 Å². The number of hydrogen-bond acceptors (Lipinski definition) is 7. The van der Waals surface area contributed by atoms with E-state index >= 15 is 0 Å². The van der Waals surface area contributed by atoms with Gasteiger partial charge in [0.15, 0.2) is 0 Å². The number of carbonyl (C=O) groups is 1. The summed E-state index contributed by atoms with van der Waals surface area (Å²) in [6.07, 6.45) is 4.28. The molecule has 0 radical (unpaired) electrons. The Bertz CT molecular complexity index is 981. The maximum absolute atomic E-state index is 13.1. The monoisotopic (exact) mass is 385 g/mol. The normalized spacial score (nSPS) is 23.1. The van der Waals surface area contributed by atoms with Gasteiger partial charge >= 0.3 is 0 Å². The predicted octanol–water partition coefficient (Wildman–Crippen LogP) is 3.42. The number of nitro groups is 1. The number of ketones is 1. The minimum absolute atomic E-state index is 0.0199. The van der Waals surface area contributed by atoms with Gasteiger partial charge in [0.1, 0.15) is 11.8 Å². The fourth-order valence-corrected chi connectivity index (χ4v) is 4.26. The van der Waals surface area contributed by atoms with E-state index in [4.69, 9.17) is 0 Å². The minimum atomic E-state index is -0.605. The van der Waals surface area contributed by atoms with Crippen molar-refractivity contribution in [1.29, 1.82) is 0 Å². The van der Waals surface area contributed by atoms with Crippen molar-refractivity contribution in [3.05, 3.63) is 51.7 Å². The van der Waals surface area contributed by atoms with E-state index in [2.05, 4.69) is 15.4 Å². The van der Waals surface area contributed by atoms with Crippen LogP contribution in [0.25, 0.3) is 0 Å². The lowest BCUT2D eigenvalue weighted by molar-refractivity contribution is -0.385. The van der Waals surface area contributed by atoms with E-state index in [0.717, 1.165) is 5.70 Å². The fourth-order valence-electron chi connectivity index (χ4n) is 3.91. The molecule has 1 aromatic heterocycles. The Morgan fingerprint density at radius 2 is 2.11 bits per heavy atom. The Morgan fingerprint density at radius 1 is 1.37 bits per heavy atom. The lowest BCUT2D eigenvalue weighted by Gasteiger charge is -2.39. The molecule has 1 aliphatic carbocycles. The van der Waals surface area contributed by atoms with Crippen molar-refractivity contribution in [2.24, 2.45) is 11.3 Å². The molecule has 0 bridgehead atoms. The summed E-state index contributed by atoms with van der Waals surface area (Å²) in [5.74, 6) is -0.0152. The average Bonchev–Trinajstić information content (AvgIpc) is 3.01. The van der Waals surface area contributed by atoms with E-state index in [-0.39, 0.29) is 16.9 Å². The maximum Gasteiger partial charge on any atom is 0.274 e. The molecule has 1 aromatic carbocycles. The molecule has 2 aromatic rings. The van der Waals surface area contributed by atoms with Gasteiger partial charge in [-0.2, -0.15) is 4.98 Å². The number of allylic oxidation sites excluding steroid dienone is 2. The molecule has 8 nitrogen and oxygen atoms in total. The van der Waals surface area contributed by atoms with Crippen LogP contribution in [-0.4, -0.2) is 31.7 Å². The number of nitro benzene ring substituents is 1. The molecule has 0 unspecified atom stereocenters. The number of hydrogen-bond donors (Lipinski definition) is 1. The number of nitrogens with one attached hydrogen (secondary N) is 1. The first-order valence-electron chi connectivity index (χ1n) is 8.57. The number of aromatic nitrogens is 3. The third kappa shape index (κ3) is 2.91. The van der Waals surface area contributed by atoms with E-state index in [1.54, 1.807) is 22.9 Å². The summed E-state index contributed by atoms with van der Waals surface area (Å²) >= 11 is 1.38. The standard InChI is InChI=1S/C18H19N5O3S/c1-18(2)8-11-14(13(24)9-18)15(10-6-4-5-7-12(10)23(25)26)22-16(19-11)20-17(21-22)27-3/h4-8,14-15H,9H2,1-3H3,(H,19,20,21)/t14-,15-/m1/s1. The molecule has 0 spiro atoms. The van der Waals surface area contributed by atoms with Crippen LogP contribution in [0.4, 0.5) is 11.6 Å². The lowest BCUT2D eigenvalue weighted by Crippen LogP contribution is -2.42. The van der Waals surface area contributed by atoms with Gasteiger partial charge in [0.25, 0.3) is 5.69 Å². The largest absolute Gasteiger partial charge is 0.328 e. The van der Waals surface area contributed by atoms with Gasteiger partial charge in [-0.25, -0.2) is 4.68 Å². The topological polar surface area (TPSA) is 103 Å². The van der Waals surface area contributed by atoms with Gasteiger partial charge in [-0.3, -0.25) is 14.9 Å². The molecule has 0 saturated carbocycles. The summed E-state index contributed by atoms with van der Waals surface area (Å²) in [4.78, 5) is 28.8. The Hall–Kier alpha value is -2.68. The molecule has 0 amide bonds. The van der Waals surface area contributed by atoms with Crippen LogP contribution in [0, 0.1) is 21.4 Å². The molecular weight excluding hydrogens is 366 g/mol. The van der Waals surface area contributed by atoms with Gasteiger partial charge in [-0.05, 0) is 17.7 Å². The number of benzene rings is 1. The molecule has 4 rings (SSSR count). The van der Waals surface area contributed by atoms with Gasteiger partial charge in [0, 0.05) is 18.2 Å². The zero-order valence-corrected chi connectivity index (χ0v) is 16.0. The van der Waals surface area contributed by atoms with Crippen molar-refractivity contribution in [2.45, 2.75) is 31.5 Å². The zero-order valence-electron chi connectivity index (χ0n) is 15.2. The Labute approximate surface area is 160 Å². The zero-order chi connectivity index (χ0) is 19.3. The average molecular weight is 385 g/mol. The molecule has 140 valence electrons. The van der Waals surface area contributed by atoms with Crippen LogP contribution < -0.4 is 5.32 Å². The summed E-state index contributed by atoms with van der Waals surface area (Å²) in [6.45, 7) is 4.00. The molecule has 1 N–H and O–H groups in total.